The number of aromatic nitrogens is 3. The standard InChI is InChI=1S/C22H22N6O/c23-11-15-9-17-13-25-22(26-18-6-5-14-7-8-24-12-16(14)10-18)27-20(17)28(21(15)29)19-3-1-2-4-19/h5-6,9-10,13,19,24H,1-4,7-8,12H2,(H,25,26,27). The zero-order valence-corrected chi connectivity index (χ0v) is 16.1. The van der Waals surface area contributed by atoms with Gasteiger partial charge >= 0.3 is 0 Å². The summed E-state index contributed by atoms with van der Waals surface area (Å²) in [5, 5.41) is 16.8. The molecule has 3 heterocycles. The predicted octanol–water partition coefficient (Wildman–Crippen LogP) is 3.17. The minimum Gasteiger partial charge on any atom is -0.324 e. The van der Waals surface area contributed by atoms with Gasteiger partial charge in [-0.2, -0.15) is 10.2 Å². The number of nitriles is 1. The molecule has 0 saturated heterocycles. The van der Waals surface area contributed by atoms with Crippen LogP contribution in [0.25, 0.3) is 11.0 Å². The topological polar surface area (TPSA) is 95.6 Å². The van der Waals surface area contributed by atoms with Crippen molar-refractivity contribution in [3.05, 3.63) is 57.5 Å². The molecule has 0 atom stereocenters. The summed E-state index contributed by atoms with van der Waals surface area (Å²) in [4.78, 5) is 22.0. The molecule has 7 heteroatoms. The summed E-state index contributed by atoms with van der Waals surface area (Å²) in [5.41, 5.74) is 4.07. The molecule has 2 N–H and O–H groups in total. The minimum atomic E-state index is -0.253. The van der Waals surface area contributed by atoms with Crippen molar-refractivity contribution in [2.75, 3.05) is 11.9 Å². The first-order valence-electron chi connectivity index (χ1n) is 10.1. The van der Waals surface area contributed by atoms with Crippen LogP contribution in [-0.4, -0.2) is 21.1 Å². The van der Waals surface area contributed by atoms with Gasteiger partial charge in [0.25, 0.3) is 5.56 Å². The lowest BCUT2D eigenvalue weighted by Gasteiger charge is -2.19. The molecule has 1 aromatic carbocycles. The van der Waals surface area contributed by atoms with E-state index in [1.54, 1.807) is 16.8 Å². The van der Waals surface area contributed by atoms with Crippen LogP contribution in [0.4, 0.5) is 11.6 Å². The number of pyridine rings is 1. The molecule has 146 valence electrons. The van der Waals surface area contributed by atoms with Crippen LogP contribution in [0.3, 0.4) is 0 Å². The largest absolute Gasteiger partial charge is 0.324 e. The Labute approximate surface area is 168 Å². The second-order valence-electron chi connectivity index (χ2n) is 7.79. The SMILES string of the molecule is N#Cc1cc2cnc(Nc3ccc4c(c3)CNCC4)nc2n(C2CCCC2)c1=O. The van der Waals surface area contributed by atoms with E-state index in [2.05, 4.69) is 32.7 Å². The fourth-order valence-corrected chi connectivity index (χ4v) is 4.45. The maximum Gasteiger partial charge on any atom is 0.270 e. The zero-order chi connectivity index (χ0) is 19.8. The molecule has 0 spiro atoms. The van der Waals surface area contributed by atoms with Gasteiger partial charge in [0.2, 0.25) is 5.95 Å². The van der Waals surface area contributed by atoms with Crippen LogP contribution in [-0.2, 0) is 13.0 Å². The highest BCUT2D eigenvalue weighted by molar-refractivity contribution is 5.77. The molecule has 29 heavy (non-hydrogen) atoms. The van der Waals surface area contributed by atoms with Gasteiger partial charge in [0.15, 0.2) is 0 Å². The maximum atomic E-state index is 12.9. The summed E-state index contributed by atoms with van der Waals surface area (Å²) >= 11 is 0. The third-order valence-electron chi connectivity index (χ3n) is 5.93. The lowest BCUT2D eigenvalue weighted by Crippen LogP contribution is -2.26. The molecule has 1 saturated carbocycles. The number of nitrogens with one attached hydrogen (secondary N) is 2. The number of hydrogen-bond acceptors (Lipinski definition) is 6. The van der Waals surface area contributed by atoms with E-state index in [-0.39, 0.29) is 17.2 Å². The highest BCUT2D eigenvalue weighted by atomic mass is 16.1. The second kappa shape index (κ2) is 7.30. The number of hydrogen-bond donors (Lipinski definition) is 2. The summed E-state index contributed by atoms with van der Waals surface area (Å²) in [5.74, 6) is 0.456. The van der Waals surface area contributed by atoms with E-state index in [0.717, 1.165) is 50.9 Å². The van der Waals surface area contributed by atoms with Gasteiger partial charge in [-0.1, -0.05) is 18.9 Å². The molecule has 0 unspecified atom stereocenters. The van der Waals surface area contributed by atoms with Crippen molar-refractivity contribution in [1.82, 2.24) is 19.9 Å². The quantitative estimate of drug-likeness (QED) is 0.718. The fraction of sp³-hybridized carbons (Fsp3) is 0.364. The van der Waals surface area contributed by atoms with Gasteiger partial charge in [-0.05, 0) is 55.1 Å². The summed E-state index contributed by atoms with van der Waals surface area (Å²) < 4.78 is 1.71. The third kappa shape index (κ3) is 3.26. The molecule has 2 aliphatic rings. The van der Waals surface area contributed by atoms with Crippen LogP contribution in [0, 0.1) is 11.3 Å². The highest BCUT2D eigenvalue weighted by Gasteiger charge is 2.22. The Bertz CT molecular complexity index is 1190. The van der Waals surface area contributed by atoms with E-state index in [1.807, 2.05) is 12.1 Å². The number of nitrogens with zero attached hydrogens (tertiary/aromatic N) is 4. The number of anilines is 2. The second-order valence-corrected chi connectivity index (χ2v) is 7.79. The van der Waals surface area contributed by atoms with Crippen molar-refractivity contribution in [2.24, 2.45) is 0 Å². The molecule has 0 radical (unpaired) electrons. The van der Waals surface area contributed by atoms with E-state index >= 15 is 0 Å². The molecule has 5 rings (SSSR count). The normalized spacial score (nSPS) is 16.5. The van der Waals surface area contributed by atoms with Crippen molar-refractivity contribution < 1.29 is 0 Å². The van der Waals surface area contributed by atoms with Gasteiger partial charge in [0, 0.05) is 29.9 Å². The van der Waals surface area contributed by atoms with Gasteiger partial charge in [0.05, 0.1) is 0 Å². The molecule has 2 aromatic heterocycles. The van der Waals surface area contributed by atoms with E-state index < -0.39 is 0 Å². The molecule has 0 amide bonds. The lowest BCUT2D eigenvalue weighted by molar-refractivity contribution is 0.515. The maximum absolute atomic E-state index is 12.9. The summed E-state index contributed by atoms with van der Waals surface area (Å²) in [6, 6.07) is 10.0. The van der Waals surface area contributed by atoms with Gasteiger partial charge in [-0.3, -0.25) is 9.36 Å². The molecule has 1 fully saturated rings. The Balaban J connectivity index is 1.57. The molecule has 0 bridgehead atoms. The first-order chi connectivity index (χ1) is 14.2. The van der Waals surface area contributed by atoms with E-state index in [1.165, 1.54) is 11.1 Å². The third-order valence-corrected chi connectivity index (χ3v) is 5.93. The Morgan fingerprint density at radius 2 is 2.07 bits per heavy atom. The van der Waals surface area contributed by atoms with E-state index in [0.29, 0.717) is 17.0 Å². The Kier molecular flexibility index (Phi) is 4.49. The molecule has 7 nitrogen and oxygen atoms in total. The van der Waals surface area contributed by atoms with Crippen LogP contribution >= 0.6 is 0 Å². The summed E-state index contributed by atoms with van der Waals surface area (Å²) in [7, 11) is 0. The van der Waals surface area contributed by atoms with Gasteiger partial charge < -0.3 is 10.6 Å². The smallest absolute Gasteiger partial charge is 0.270 e. The van der Waals surface area contributed by atoms with Crippen molar-refractivity contribution in [1.29, 1.82) is 5.26 Å². The molecular formula is C22H22N6O. The van der Waals surface area contributed by atoms with Crippen LogP contribution in [0.15, 0.2) is 35.3 Å². The van der Waals surface area contributed by atoms with E-state index in [4.69, 9.17) is 0 Å². The van der Waals surface area contributed by atoms with Crippen LogP contribution in [0.5, 0.6) is 0 Å². The monoisotopic (exact) mass is 386 g/mol. The number of rotatable bonds is 3. The van der Waals surface area contributed by atoms with Crippen LogP contribution in [0.1, 0.15) is 48.4 Å². The molecule has 3 aromatic rings. The van der Waals surface area contributed by atoms with Crippen molar-refractivity contribution >= 4 is 22.7 Å². The average molecular weight is 386 g/mol. The van der Waals surface area contributed by atoms with Crippen molar-refractivity contribution in [3.63, 3.8) is 0 Å². The average Bonchev–Trinajstić information content (AvgIpc) is 3.27. The van der Waals surface area contributed by atoms with Crippen LogP contribution in [0.2, 0.25) is 0 Å². The number of benzene rings is 1. The fourth-order valence-electron chi connectivity index (χ4n) is 4.45. The number of fused-ring (bicyclic) bond motifs is 2. The van der Waals surface area contributed by atoms with E-state index in [9.17, 15) is 10.1 Å². The predicted molar refractivity (Wildman–Crippen MR) is 111 cm³/mol. The molecule has 1 aliphatic heterocycles. The van der Waals surface area contributed by atoms with Crippen LogP contribution < -0.4 is 16.2 Å². The summed E-state index contributed by atoms with van der Waals surface area (Å²) in [6.45, 7) is 1.87. The molecule has 1 aliphatic carbocycles. The van der Waals surface area contributed by atoms with Crippen molar-refractivity contribution in [3.8, 4) is 6.07 Å². The minimum absolute atomic E-state index is 0.0934. The Morgan fingerprint density at radius 3 is 2.90 bits per heavy atom. The van der Waals surface area contributed by atoms with Gasteiger partial charge in [-0.15, -0.1) is 0 Å². The first kappa shape index (κ1) is 17.8. The molecular weight excluding hydrogens is 364 g/mol. The lowest BCUT2D eigenvalue weighted by atomic mass is 10.0. The first-order valence-corrected chi connectivity index (χ1v) is 10.1. The Hall–Kier alpha value is -3.24. The van der Waals surface area contributed by atoms with Crippen molar-refractivity contribution in [2.45, 2.75) is 44.7 Å². The zero-order valence-electron chi connectivity index (χ0n) is 16.1. The Morgan fingerprint density at radius 1 is 1.21 bits per heavy atom. The van der Waals surface area contributed by atoms with Gasteiger partial charge in [0.1, 0.15) is 17.3 Å². The highest BCUT2D eigenvalue weighted by Crippen LogP contribution is 2.31. The van der Waals surface area contributed by atoms with Gasteiger partial charge in [-0.25, -0.2) is 4.98 Å². The summed E-state index contributed by atoms with van der Waals surface area (Å²) in [6.07, 6.45) is 6.79.